The second-order valence-electron chi connectivity index (χ2n) is 5.48. The van der Waals surface area contributed by atoms with E-state index in [1.807, 2.05) is 14.1 Å². The Kier molecular flexibility index (Phi) is 7.28. The molecule has 0 aromatic heterocycles. The molecule has 4 nitrogen and oxygen atoms in total. The van der Waals surface area contributed by atoms with Crippen molar-refractivity contribution in [2.45, 2.75) is 32.6 Å². The van der Waals surface area contributed by atoms with Crippen molar-refractivity contribution in [2.24, 2.45) is 5.92 Å². The number of carbonyl (C=O) groups is 1. The summed E-state index contributed by atoms with van der Waals surface area (Å²) in [5, 5.41) is 3.43. The molecule has 0 radical (unpaired) electrons. The summed E-state index contributed by atoms with van der Waals surface area (Å²) in [6, 6.07) is 0. The molecule has 0 aromatic rings. The lowest BCUT2D eigenvalue weighted by Gasteiger charge is -2.32. The lowest BCUT2D eigenvalue weighted by atomic mass is 9.96. The predicted molar refractivity (Wildman–Crippen MR) is 75.6 cm³/mol. The zero-order valence-electron chi connectivity index (χ0n) is 12.2. The van der Waals surface area contributed by atoms with Crippen LogP contribution in [0, 0.1) is 5.92 Å². The van der Waals surface area contributed by atoms with Crippen molar-refractivity contribution < 1.29 is 4.79 Å². The molecular formula is C14H29N3O. The molecule has 18 heavy (non-hydrogen) atoms. The number of nitrogens with zero attached hydrogens (tertiary/aromatic N) is 2. The molecule has 1 amide bonds. The molecule has 1 aliphatic rings. The molecule has 0 bridgehead atoms. The standard InChI is InChI=1S/C14H29N3O/c1-4-15-12-13-7-10-17(11-8-13)9-5-6-14(18)16(2)3/h13,15H,4-12H2,1-3H3. The van der Waals surface area contributed by atoms with E-state index in [-0.39, 0.29) is 5.91 Å². The van der Waals surface area contributed by atoms with Gasteiger partial charge < -0.3 is 15.1 Å². The molecule has 1 heterocycles. The molecule has 0 unspecified atom stereocenters. The zero-order valence-corrected chi connectivity index (χ0v) is 12.2. The van der Waals surface area contributed by atoms with E-state index < -0.39 is 0 Å². The van der Waals surface area contributed by atoms with E-state index in [0.29, 0.717) is 6.42 Å². The maximum absolute atomic E-state index is 11.5. The predicted octanol–water partition coefficient (Wildman–Crippen LogP) is 1.18. The molecule has 4 heteroatoms. The molecule has 1 rings (SSSR count). The molecule has 1 aliphatic heterocycles. The highest BCUT2D eigenvalue weighted by Crippen LogP contribution is 2.16. The van der Waals surface area contributed by atoms with Crippen molar-refractivity contribution in [2.75, 3.05) is 46.8 Å². The Labute approximate surface area is 112 Å². The van der Waals surface area contributed by atoms with Crippen LogP contribution in [0.3, 0.4) is 0 Å². The van der Waals surface area contributed by atoms with Gasteiger partial charge in [-0.1, -0.05) is 6.92 Å². The average molecular weight is 255 g/mol. The second-order valence-corrected chi connectivity index (χ2v) is 5.48. The van der Waals surface area contributed by atoms with Gasteiger partial charge in [0.25, 0.3) is 0 Å². The first-order valence-electron chi connectivity index (χ1n) is 7.26. The van der Waals surface area contributed by atoms with E-state index >= 15 is 0 Å². The Morgan fingerprint density at radius 2 is 2.00 bits per heavy atom. The SMILES string of the molecule is CCNCC1CCN(CCCC(=O)N(C)C)CC1. The Hall–Kier alpha value is -0.610. The van der Waals surface area contributed by atoms with Crippen LogP contribution in [0.1, 0.15) is 32.6 Å². The van der Waals surface area contributed by atoms with Gasteiger partial charge in [0.1, 0.15) is 0 Å². The fraction of sp³-hybridized carbons (Fsp3) is 0.929. The van der Waals surface area contributed by atoms with Crippen molar-refractivity contribution in [3.05, 3.63) is 0 Å². The summed E-state index contributed by atoms with van der Waals surface area (Å²) in [6.45, 7) is 7.89. The maximum atomic E-state index is 11.5. The number of rotatable bonds is 7. The van der Waals surface area contributed by atoms with Gasteiger partial charge in [-0.05, 0) is 57.9 Å². The first kappa shape index (κ1) is 15.4. The van der Waals surface area contributed by atoms with Crippen LogP contribution < -0.4 is 5.32 Å². The van der Waals surface area contributed by atoms with Crippen LogP contribution in [-0.4, -0.2) is 62.5 Å². The van der Waals surface area contributed by atoms with Crippen molar-refractivity contribution in [3.63, 3.8) is 0 Å². The van der Waals surface area contributed by atoms with Crippen LogP contribution in [0.2, 0.25) is 0 Å². The van der Waals surface area contributed by atoms with Gasteiger partial charge >= 0.3 is 0 Å². The summed E-state index contributed by atoms with van der Waals surface area (Å²) in [4.78, 5) is 15.6. The van der Waals surface area contributed by atoms with Gasteiger partial charge in [0.2, 0.25) is 5.91 Å². The van der Waals surface area contributed by atoms with Gasteiger partial charge in [0, 0.05) is 20.5 Å². The first-order valence-corrected chi connectivity index (χ1v) is 7.26. The summed E-state index contributed by atoms with van der Waals surface area (Å²) in [5.74, 6) is 1.10. The van der Waals surface area contributed by atoms with Gasteiger partial charge in [-0.2, -0.15) is 0 Å². The fourth-order valence-electron chi connectivity index (χ4n) is 2.44. The lowest BCUT2D eigenvalue weighted by molar-refractivity contribution is -0.128. The Morgan fingerprint density at radius 1 is 1.33 bits per heavy atom. The van der Waals surface area contributed by atoms with Crippen LogP contribution in [0.4, 0.5) is 0 Å². The smallest absolute Gasteiger partial charge is 0.222 e. The minimum Gasteiger partial charge on any atom is -0.349 e. The van der Waals surface area contributed by atoms with Gasteiger partial charge in [-0.25, -0.2) is 0 Å². The maximum Gasteiger partial charge on any atom is 0.222 e. The molecule has 0 spiro atoms. The molecular weight excluding hydrogens is 226 g/mol. The number of nitrogens with one attached hydrogen (secondary N) is 1. The van der Waals surface area contributed by atoms with E-state index in [0.717, 1.165) is 25.4 Å². The third-order valence-corrected chi connectivity index (χ3v) is 3.75. The number of hydrogen-bond acceptors (Lipinski definition) is 3. The number of piperidine rings is 1. The highest BCUT2D eigenvalue weighted by Gasteiger charge is 2.18. The van der Waals surface area contributed by atoms with Crippen molar-refractivity contribution in [3.8, 4) is 0 Å². The monoisotopic (exact) mass is 255 g/mol. The van der Waals surface area contributed by atoms with E-state index in [9.17, 15) is 4.79 Å². The van der Waals surface area contributed by atoms with Crippen LogP contribution in [0.25, 0.3) is 0 Å². The van der Waals surface area contributed by atoms with Gasteiger partial charge in [0.15, 0.2) is 0 Å². The summed E-state index contributed by atoms with van der Waals surface area (Å²) in [7, 11) is 3.66. The van der Waals surface area contributed by atoms with Crippen LogP contribution in [0.5, 0.6) is 0 Å². The molecule has 0 saturated carbocycles. The van der Waals surface area contributed by atoms with E-state index in [1.54, 1.807) is 4.90 Å². The average Bonchev–Trinajstić information content (AvgIpc) is 2.37. The minimum atomic E-state index is 0.247. The van der Waals surface area contributed by atoms with E-state index in [4.69, 9.17) is 0 Å². The summed E-state index contributed by atoms with van der Waals surface area (Å²) in [6.07, 6.45) is 4.28. The largest absolute Gasteiger partial charge is 0.349 e. The van der Waals surface area contributed by atoms with Crippen molar-refractivity contribution >= 4 is 5.91 Å². The second kappa shape index (κ2) is 8.48. The number of amides is 1. The third kappa shape index (κ3) is 5.83. The summed E-state index contributed by atoms with van der Waals surface area (Å²) >= 11 is 0. The number of hydrogen-bond donors (Lipinski definition) is 1. The molecule has 1 fully saturated rings. The topological polar surface area (TPSA) is 35.6 Å². The highest BCUT2D eigenvalue weighted by molar-refractivity contribution is 5.75. The normalized spacial score (nSPS) is 17.9. The van der Waals surface area contributed by atoms with Crippen molar-refractivity contribution in [1.82, 2.24) is 15.1 Å². The summed E-state index contributed by atoms with van der Waals surface area (Å²) < 4.78 is 0. The zero-order chi connectivity index (χ0) is 13.4. The van der Waals surface area contributed by atoms with Crippen molar-refractivity contribution in [1.29, 1.82) is 0 Å². The Bertz CT molecular complexity index is 235. The van der Waals surface area contributed by atoms with Gasteiger partial charge in [0.05, 0.1) is 0 Å². The molecule has 106 valence electrons. The molecule has 0 aromatic carbocycles. The summed E-state index contributed by atoms with van der Waals surface area (Å²) in [5.41, 5.74) is 0. The molecule has 1 N–H and O–H groups in total. The fourth-order valence-corrected chi connectivity index (χ4v) is 2.44. The minimum absolute atomic E-state index is 0.247. The van der Waals surface area contributed by atoms with E-state index in [2.05, 4.69) is 17.1 Å². The van der Waals surface area contributed by atoms with Gasteiger partial charge in [-0.3, -0.25) is 4.79 Å². The van der Waals surface area contributed by atoms with E-state index in [1.165, 1.54) is 32.5 Å². The molecule has 0 aliphatic carbocycles. The lowest BCUT2D eigenvalue weighted by Crippen LogP contribution is -2.38. The number of likely N-dealkylation sites (tertiary alicyclic amines) is 1. The third-order valence-electron chi connectivity index (χ3n) is 3.75. The molecule has 1 saturated heterocycles. The van der Waals surface area contributed by atoms with Crippen LogP contribution in [-0.2, 0) is 4.79 Å². The highest BCUT2D eigenvalue weighted by atomic mass is 16.2. The van der Waals surface area contributed by atoms with Crippen LogP contribution in [0.15, 0.2) is 0 Å². The Balaban J connectivity index is 2.07. The molecule has 0 atom stereocenters. The first-order chi connectivity index (χ1) is 8.63. The van der Waals surface area contributed by atoms with Gasteiger partial charge in [-0.15, -0.1) is 0 Å². The Morgan fingerprint density at radius 3 is 2.56 bits per heavy atom. The number of carbonyl (C=O) groups excluding carboxylic acids is 1. The quantitative estimate of drug-likeness (QED) is 0.742. The van der Waals surface area contributed by atoms with Crippen LogP contribution >= 0.6 is 0 Å².